The molecule has 1 aliphatic heterocycles. The third-order valence-corrected chi connectivity index (χ3v) is 5.09. The van der Waals surface area contributed by atoms with Crippen molar-refractivity contribution in [3.8, 4) is 0 Å². The van der Waals surface area contributed by atoms with Crippen molar-refractivity contribution in [1.29, 1.82) is 0 Å². The number of benzene rings is 1. The van der Waals surface area contributed by atoms with Crippen molar-refractivity contribution in [3.05, 3.63) is 22.8 Å². The van der Waals surface area contributed by atoms with Crippen LogP contribution < -0.4 is 10.2 Å². The summed E-state index contributed by atoms with van der Waals surface area (Å²) in [6.07, 6.45) is 5.93. The quantitative estimate of drug-likeness (QED) is 0.719. The molecule has 0 bridgehead atoms. The molecule has 2 rings (SSSR count). The second-order valence-electron chi connectivity index (χ2n) is 8.20. The summed E-state index contributed by atoms with van der Waals surface area (Å²) in [6, 6.07) is 2.11. The molecule has 0 aliphatic carbocycles. The Balaban J connectivity index is 2.33. The average molecular weight is 347 g/mol. The van der Waals surface area contributed by atoms with Crippen molar-refractivity contribution in [2.45, 2.75) is 73.3 Å². The van der Waals surface area contributed by atoms with Crippen molar-refractivity contribution in [2.75, 3.05) is 23.3 Å². The zero-order valence-electron chi connectivity index (χ0n) is 16.5. The van der Waals surface area contributed by atoms with Crippen LogP contribution in [0.4, 0.5) is 11.4 Å². The molecule has 1 aromatic carbocycles. The maximum absolute atomic E-state index is 12.6. The maximum atomic E-state index is 12.6. The first-order valence-electron chi connectivity index (χ1n) is 9.62. The normalized spacial score (nSPS) is 13.9. The first-order valence-corrected chi connectivity index (χ1v) is 9.62. The summed E-state index contributed by atoms with van der Waals surface area (Å²) in [5.41, 5.74) is 4.77. The maximum Gasteiger partial charge on any atom is 0.229 e. The number of unbranched alkanes of at least 4 members (excludes halogenated alkanes) is 3. The Bertz CT molecular complexity index is 617. The first-order chi connectivity index (χ1) is 11.8. The highest BCUT2D eigenvalue weighted by atomic mass is 16.3. The number of nitrogens with one attached hydrogen (secondary N) is 1. The highest BCUT2D eigenvalue weighted by Gasteiger charge is 2.29. The number of fused-ring (bicyclic) bond motifs is 1. The summed E-state index contributed by atoms with van der Waals surface area (Å²) in [5.74, 6) is 0.0192. The van der Waals surface area contributed by atoms with Crippen LogP contribution in [0.1, 0.15) is 70.1 Å². The van der Waals surface area contributed by atoms with Gasteiger partial charge in [-0.15, -0.1) is 0 Å². The van der Waals surface area contributed by atoms with Crippen LogP contribution in [-0.2, 0) is 17.8 Å². The third-order valence-electron chi connectivity index (χ3n) is 5.09. The van der Waals surface area contributed by atoms with Gasteiger partial charge in [-0.3, -0.25) is 4.79 Å². The molecule has 25 heavy (non-hydrogen) atoms. The fourth-order valence-electron chi connectivity index (χ4n) is 3.38. The van der Waals surface area contributed by atoms with E-state index in [0.717, 1.165) is 36.3 Å². The predicted molar refractivity (Wildman–Crippen MR) is 105 cm³/mol. The van der Waals surface area contributed by atoms with Gasteiger partial charge in [0.05, 0.1) is 18.0 Å². The minimum atomic E-state index is -0.445. The second kappa shape index (κ2) is 8.22. The summed E-state index contributed by atoms with van der Waals surface area (Å²) in [4.78, 5) is 15.0. The van der Waals surface area contributed by atoms with Crippen LogP contribution in [0.25, 0.3) is 0 Å². The van der Waals surface area contributed by atoms with Gasteiger partial charge in [0.25, 0.3) is 0 Å². The fraction of sp³-hybridized carbons (Fsp3) is 0.667. The highest BCUT2D eigenvalue weighted by Crippen LogP contribution is 2.40. The van der Waals surface area contributed by atoms with Crippen molar-refractivity contribution < 1.29 is 9.90 Å². The first kappa shape index (κ1) is 19.8. The van der Waals surface area contributed by atoms with Gasteiger partial charge in [-0.2, -0.15) is 0 Å². The highest BCUT2D eigenvalue weighted by molar-refractivity contribution is 5.99. The third kappa shape index (κ3) is 4.55. The van der Waals surface area contributed by atoms with E-state index in [2.05, 4.69) is 23.2 Å². The number of nitrogens with zero attached hydrogens (tertiary/aromatic N) is 1. The summed E-state index contributed by atoms with van der Waals surface area (Å²) in [7, 11) is 0. The Morgan fingerprint density at radius 3 is 2.60 bits per heavy atom. The molecule has 0 unspecified atom stereocenters. The van der Waals surface area contributed by atoms with Crippen molar-refractivity contribution >= 4 is 17.3 Å². The van der Waals surface area contributed by atoms with E-state index in [1.165, 1.54) is 36.9 Å². The van der Waals surface area contributed by atoms with E-state index in [0.29, 0.717) is 0 Å². The molecular weight excluding hydrogens is 312 g/mol. The number of amides is 1. The molecule has 0 saturated heterocycles. The molecule has 1 amide bonds. The zero-order valence-corrected chi connectivity index (χ0v) is 16.5. The fourth-order valence-corrected chi connectivity index (χ4v) is 3.38. The Morgan fingerprint density at radius 1 is 1.28 bits per heavy atom. The average Bonchev–Trinajstić information content (AvgIpc) is 2.95. The van der Waals surface area contributed by atoms with Gasteiger partial charge in [0, 0.05) is 18.5 Å². The van der Waals surface area contributed by atoms with Crippen LogP contribution in [0.5, 0.6) is 0 Å². The Hall–Kier alpha value is -1.55. The molecule has 4 heteroatoms. The van der Waals surface area contributed by atoms with E-state index in [9.17, 15) is 9.90 Å². The Labute approximate surface area is 152 Å². The summed E-state index contributed by atoms with van der Waals surface area (Å²) in [5, 5.41) is 12.9. The van der Waals surface area contributed by atoms with Crippen LogP contribution in [-0.4, -0.2) is 24.1 Å². The Morgan fingerprint density at radius 2 is 2.00 bits per heavy atom. The van der Waals surface area contributed by atoms with Gasteiger partial charge in [0.1, 0.15) is 0 Å². The zero-order chi connectivity index (χ0) is 18.6. The van der Waals surface area contributed by atoms with Gasteiger partial charge in [-0.25, -0.2) is 0 Å². The lowest BCUT2D eigenvalue weighted by atomic mass is 9.94. The van der Waals surface area contributed by atoms with Gasteiger partial charge >= 0.3 is 0 Å². The lowest BCUT2D eigenvalue weighted by molar-refractivity contribution is -0.123. The van der Waals surface area contributed by atoms with Crippen molar-refractivity contribution in [1.82, 2.24) is 0 Å². The van der Waals surface area contributed by atoms with Crippen LogP contribution >= 0.6 is 0 Å². The molecule has 4 nitrogen and oxygen atoms in total. The molecule has 0 fully saturated rings. The Kier molecular flexibility index (Phi) is 6.50. The monoisotopic (exact) mass is 346 g/mol. The van der Waals surface area contributed by atoms with Crippen LogP contribution in [0, 0.1) is 12.3 Å². The standard InChI is InChI=1S/C21H34N2O2/c1-6-7-8-9-11-23-12-10-16-13-17(14-24)15(2)18(19(16)23)22-20(25)21(3,4)5/h13,24H,6-12,14H2,1-5H3,(H,22,25). The molecule has 1 aromatic rings. The van der Waals surface area contributed by atoms with Gasteiger partial charge in [0.2, 0.25) is 5.91 Å². The number of rotatable bonds is 7. The minimum Gasteiger partial charge on any atom is -0.392 e. The smallest absolute Gasteiger partial charge is 0.229 e. The van der Waals surface area contributed by atoms with E-state index < -0.39 is 5.41 Å². The van der Waals surface area contributed by atoms with Gasteiger partial charge in [-0.1, -0.05) is 53.0 Å². The molecule has 1 aliphatic rings. The number of hydrogen-bond donors (Lipinski definition) is 2. The van der Waals surface area contributed by atoms with Gasteiger partial charge < -0.3 is 15.3 Å². The molecule has 2 N–H and O–H groups in total. The number of anilines is 2. The number of carbonyl (C=O) groups excluding carboxylic acids is 1. The number of carbonyl (C=O) groups is 1. The van der Waals surface area contributed by atoms with Gasteiger partial charge in [0.15, 0.2) is 0 Å². The lowest BCUT2D eigenvalue weighted by Gasteiger charge is -2.27. The van der Waals surface area contributed by atoms with E-state index in [-0.39, 0.29) is 12.5 Å². The molecule has 0 aromatic heterocycles. The molecular formula is C21H34N2O2. The number of aliphatic hydroxyl groups is 1. The van der Waals surface area contributed by atoms with Crippen molar-refractivity contribution in [3.63, 3.8) is 0 Å². The van der Waals surface area contributed by atoms with E-state index >= 15 is 0 Å². The summed E-state index contributed by atoms with van der Waals surface area (Å²) in [6.45, 7) is 12.0. The topological polar surface area (TPSA) is 52.6 Å². The van der Waals surface area contributed by atoms with E-state index in [1.54, 1.807) is 0 Å². The molecule has 0 spiro atoms. The van der Waals surface area contributed by atoms with Crippen molar-refractivity contribution in [2.24, 2.45) is 5.41 Å². The molecule has 0 saturated carbocycles. The van der Waals surface area contributed by atoms with E-state index in [1.807, 2.05) is 27.7 Å². The molecule has 0 atom stereocenters. The SMILES string of the molecule is CCCCCCN1CCc2cc(CO)c(C)c(NC(=O)C(C)(C)C)c21. The molecule has 0 radical (unpaired) electrons. The molecule has 1 heterocycles. The number of aliphatic hydroxyl groups excluding tert-OH is 1. The second-order valence-corrected chi connectivity index (χ2v) is 8.20. The van der Waals surface area contributed by atoms with Crippen LogP contribution in [0.15, 0.2) is 6.07 Å². The molecule has 140 valence electrons. The van der Waals surface area contributed by atoms with Gasteiger partial charge in [-0.05, 0) is 36.5 Å². The number of hydrogen-bond acceptors (Lipinski definition) is 3. The van der Waals surface area contributed by atoms with Crippen LogP contribution in [0.3, 0.4) is 0 Å². The lowest BCUT2D eigenvalue weighted by Crippen LogP contribution is -2.30. The summed E-state index contributed by atoms with van der Waals surface area (Å²) >= 11 is 0. The largest absolute Gasteiger partial charge is 0.392 e. The van der Waals surface area contributed by atoms with E-state index in [4.69, 9.17) is 0 Å². The minimum absolute atomic E-state index is 0.00794. The van der Waals surface area contributed by atoms with Crippen LogP contribution in [0.2, 0.25) is 0 Å². The predicted octanol–water partition coefficient (Wildman–Crippen LogP) is 4.41. The summed E-state index contributed by atoms with van der Waals surface area (Å²) < 4.78 is 0.